The topological polar surface area (TPSA) is 92.2 Å². The van der Waals surface area contributed by atoms with E-state index in [0.717, 1.165) is 29.5 Å². The number of anilines is 1. The van der Waals surface area contributed by atoms with E-state index in [-0.39, 0.29) is 22.8 Å². The molecule has 0 aliphatic rings. The minimum atomic E-state index is -4.50. The van der Waals surface area contributed by atoms with E-state index in [1.807, 2.05) is 30.3 Å². The van der Waals surface area contributed by atoms with Gasteiger partial charge in [0.25, 0.3) is 5.56 Å². The van der Waals surface area contributed by atoms with Gasteiger partial charge in [-0.1, -0.05) is 48.2 Å². The van der Waals surface area contributed by atoms with Crippen LogP contribution in [-0.4, -0.2) is 31.2 Å². The van der Waals surface area contributed by atoms with Crippen molar-refractivity contribution in [3.63, 3.8) is 0 Å². The predicted octanol–water partition coefficient (Wildman–Crippen LogP) is 3.83. The molecule has 0 spiro atoms. The number of nitrogens with one attached hydrogen (secondary N) is 2. The number of hydrogen-bond donors (Lipinski definition) is 2. The number of benzene rings is 2. The van der Waals surface area contributed by atoms with E-state index < -0.39 is 17.6 Å². The van der Waals surface area contributed by atoms with Crippen LogP contribution in [0.4, 0.5) is 18.9 Å². The predicted molar refractivity (Wildman–Crippen MR) is 110 cm³/mol. The van der Waals surface area contributed by atoms with Gasteiger partial charge in [-0.2, -0.15) is 13.2 Å². The van der Waals surface area contributed by atoms with E-state index in [9.17, 15) is 22.8 Å². The molecular weight excluding hydrogens is 431 g/mol. The fraction of sp³-hybridized carbons (Fsp3) is 0.100. The lowest BCUT2D eigenvalue weighted by Gasteiger charge is -2.10. The number of fused-ring (bicyclic) bond motifs is 1. The van der Waals surface area contributed by atoms with Crippen LogP contribution < -0.4 is 10.9 Å². The number of rotatable bonds is 5. The SMILES string of the molecule is O=C(CSc1nnc2[nH]c(=O)cc(-c3ccccc3)n12)Nc1cccc(C(F)(F)F)c1. The Labute approximate surface area is 177 Å². The molecule has 2 N–H and O–H groups in total. The average molecular weight is 445 g/mol. The monoisotopic (exact) mass is 445 g/mol. The van der Waals surface area contributed by atoms with Gasteiger partial charge in [0, 0.05) is 11.8 Å². The van der Waals surface area contributed by atoms with Gasteiger partial charge in [-0.3, -0.25) is 19.0 Å². The number of carbonyl (C=O) groups excluding carboxylic acids is 1. The molecular formula is C20H14F3N5O2S. The molecule has 0 atom stereocenters. The second-order valence-electron chi connectivity index (χ2n) is 6.44. The second kappa shape index (κ2) is 8.26. The van der Waals surface area contributed by atoms with Crippen molar-refractivity contribution in [1.29, 1.82) is 0 Å². The molecule has 7 nitrogen and oxygen atoms in total. The number of aromatic nitrogens is 4. The maximum atomic E-state index is 12.8. The molecule has 2 heterocycles. The fourth-order valence-electron chi connectivity index (χ4n) is 2.92. The summed E-state index contributed by atoms with van der Waals surface area (Å²) in [5, 5.41) is 10.8. The molecule has 4 rings (SSSR count). The molecule has 0 bridgehead atoms. The smallest absolute Gasteiger partial charge is 0.325 e. The molecule has 0 saturated heterocycles. The fourth-order valence-corrected chi connectivity index (χ4v) is 3.66. The highest BCUT2D eigenvalue weighted by molar-refractivity contribution is 7.99. The van der Waals surface area contributed by atoms with Crippen LogP contribution in [0.5, 0.6) is 0 Å². The zero-order chi connectivity index (χ0) is 22.0. The number of alkyl halides is 3. The highest BCUT2D eigenvalue weighted by Gasteiger charge is 2.30. The van der Waals surface area contributed by atoms with Gasteiger partial charge in [-0.25, -0.2) is 0 Å². The van der Waals surface area contributed by atoms with Crippen molar-refractivity contribution in [2.24, 2.45) is 0 Å². The molecule has 11 heteroatoms. The number of hydrogen-bond acceptors (Lipinski definition) is 5. The van der Waals surface area contributed by atoms with E-state index >= 15 is 0 Å². The molecule has 4 aromatic rings. The Kier molecular flexibility index (Phi) is 5.51. The first-order valence-corrected chi connectivity index (χ1v) is 9.93. The van der Waals surface area contributed by atoms with Gasteiger partial charge in [-0.15, -0.1) is 10.2 Å². The van der Waals surface area contributed by atoms with Crippen molar-refractivity contribution < 1.29 is 18.0 Å². The first-order chi connectivity index (χ1) is 14.8. The highest BCUT2D eigenvalue weighted by Crippen LogP contribution is 2.31. The standard InChI is InChI=1S/C20H14F3N5O2S/c21-20(22,23)13-7-4-8-14(9-13)24-17(30)11-31-19-27-26-18-25-16(29)10-15(28(18)19)12-5-2-1-3-6-12/h1-10H,11H2,(H,24,30)(H,25,26,29). The van der Waals surface area contributed by atoms with Gasteiger partial charge >= 0.3 is 6.18 Å². The number of amides is 1. The third-order valence-electron chi connectivity index (χ3n) is 4.25. The Morgan fingerprint density at radius 2 is 1.84 bits per heavy atom. The van der Waals surface area contributed by atoms with Crippen LogP contribution in [-0.2, 0) is 11.0 Å². The first-order valence-electron chi connectivity index (χ1n) is 8.95. The Bertz CT molecular complexity index is 1300. The maximum Gasteiger partial charge on any atom is 0.416 e. The number of carbonyl (C=O) groups is 1. The van der Waals surface area contributed by atoms with Crippen LogP contribution in [0.15, 0.2) is 70.6 Å². The Morgan fingerprint density at radius 1 is 1.06 bits per heavy atom. The van der Waals surface area contributed by atoms with Crippen LogP contribution >= 0.6 is 11.8 Å². The molecule has 0 aliphatic heterocycles. The lowest BCUT2D eigenvalue weighted by molar-refractivity contribution is -0.137. The van der Waals surface area contributed by atoms with Crippen LogP contribution in [0.25, 0.3) is 17.0 Å². The Balaban J connectivity index is 1.55. The minimum absolute atomic E-state index is 0.0424. The van der Waals surface area contributed by atoms with Crippen molar-refractivity contribution in [2.45, 2.75) is 11.3 Å². The van der Waals surface area contributed by atoms with E-state index in [0.29, 0.717) is 10.9 Å². The maximum absolute atomic E-state index is 12.8. The van der Waals surface area contributed by atoms with E-state index in [1.165, 1.54) is 18.2 Å². The van der Waals surface area contributed by atoms with Gasteiger partial charge in [0.1, 0.15) is 0 Å². The van der Waals surface area contributed by atoms with Crippen molar-refractivity contribution in [1.82, 2.24) is 19.6 Å². The molecule has 2 aromatic carbocycles. The molecule has 0 radical (unpaired) electrons. The molecule has 0 unspecified atom stereocenters. The van der Waals surface area contributed by atoms with Gasteiger partial charge in [0.15, 0.2) is 5.16 Å². The normalized spacial score (nSPS) is 11.6. The van der Waals surface area contributed by atoms with E-state index in [1.54, 1.807) is 4.40 Å². The second-order valence-corrected chi connectivity index (χ2v) is 7.38. The summed E-state index contributed by atoms with van der Waals surface area (Å²) in [6.45, 7) is 0. The van der Waals surface area contributed by atoms with Gasteiger partial charge in [-0.05, 0) is 23.8 Å². The molecule has 0 saturated carbocycles. The summed E-state index contributed by atoms with van der Waals surface area (Å²) in [6, 6.07) is 14.9. The molecule has 2 aromatic heterocycles. The zero-order valence-corrected chi connectivity index (χ0v) is 16.5. The number of aromatic amines is 1. The van der Waals surface area contributed by atoms with Crippen LogP contribution in [0.3, 0.4) is 0 Å². The summed E-state index contributed by atoms with van der Waals surface area (Å²) in [5.41, 5.74) is 0.148. The lowest BCUT2D eigenvalue weighted by Crippen LogP contribution is -2.15. The Morgan fingerprint density at radius 3 is 2.58 bits per heavy atom. The van der Waals surface area contributed by atoms with Gasteiger partial charge in [0.2, 0.25) is 11.7 Å². The zero-order valence-electron chi connectivity index (χ0n) is 15.7. The van der Waals surface area contributed by atoms with Crippen LogP contribution in [0.1, 0.15) is 5.56 Å². The molecule has 31 heavy (non-hydrogen) atoms. The largest absolute Gasteiger partial charge is 0.416 e. The third-order valence-corrected chi connectivity index (χ3v) is 5.18. The number of H-pyrrole nitrogens is 1. The summed E-state index contributed by atoms with van der Waals surface area (Å²) < 4.78 is 40.1. The molecule has 1 amide bonds. The van der Waals surface area contributed by atoms with Crippen LogP contribution in [0, 0.1) is 0 Å². The first kappa shape index (κ1) is 20.7. The average Bonchev–Trinajstić information content (AvgIpc) is 3.14. The third kappa shape index (κ3) is 4.61. The summed E-state index contributed by atoms with van der Waals surface area (Å²) in [4.78, 5) is 26.8. The highest BCUT2D eigenvalue weighted by atomic mass is 32.2. The van der Waals surface area contributed by atoms with E-state index in [2.05, 4.69) is 20.5 Å². The van der Waals surface area contributed by atoms with Crippen molar-refractivity contribution in [3.8, 4) is 11.3 Å². The van der Waals surface area contributed by atoms with Crippen molar-refractivity contribution in [3.05, 3.63) is 76.6 Å². The number of nitrogens with zero attached hydrogens (tertiary/aromatic N) is 3. The van der Waals surface area contributed by atoms with Gasteiger partial charge in [0.05, 0.1) is 17.0 Å². The molecule has 0 fully saturated rings. The summed E-state index contributed by atoms with van der Waals surface area (Å²) >= 11 is 1.04. The Hall–Kier alpha value is -3.60. The van der Waals surface area contributed by atoms with Crippen LogP contribution in [0.2, 0.25) is 0 Å². The summed E-state index contributed by atoms with van der Waals surface area (Å²) in [7, 11) is 0. The van der Waals surface area contributed by atoms with E-state index in [4.69, 9.17) is 0 Å². The summed E-state index contributed by atoms with van der Waals surface area (Å²) in [5.74, 6) is -0.413. The number of thioether (sulfide) groups is 1. The van der Waals surface area contributed by atoms with Crippen molar-refractivity contribution in [2.75, 3.05) is 11.1 Å². The molecule has 158 valence electrons. The van der Waals surface area contributed by atoms with Crippen molar-refractivity contribution >= 4 is 29.1 Å². The van der Waals surface area contributed by atoms with Gasteiger partial charge < -0.3 is 5.32 Å². The minimum Gasteiger partial charge on any atom is -0.325 e. The summed E-state index contributed by atoms with van der Waals surface area (Å²) in [6.07, 6.45) is -4.50. The lowest BCUT2D eigenvalue weighted by atomic mass is 10.1. The quantitative estimate of drug-likeness (QED) is 0.456. The number of halogens is 3. The molecule has 0 aliphatic carbocycles.